The summed E-state index contributed by atoms with van der Waals surface area (Å²) in [6.45, 7) is 3.76. The smallest absolute Gasteiger partial charge is 0.158 e. The van der Waals surface area contributed by atoms with Gasteiger partial charge in [-0.1, -0.05) is 23.2 Å². The van der Waals surface area contributed by atoms with Crippen LogP contribution < -0.4 is 0 Å². The number of aromatic nitrogens is 2. The van der Waals surface area contributed by atoms with E-state index in [0.717, 1.165) is 22.4 Å². The average Bonchev–Trinajstić information content (AvgIpc) is 2.76. The molecule has 3 aromatic rings. The average molecular weight is 293 g/mol. The molecule has 0 spiro atoms. The first-order chi connectivity index (χ1) is 9.04. The Bertz CT molecular complexity index is 780. The van der Waals surface area contributed by atoms with E-state index in [0.29, 0.717) is 21.6 Å². The fourth-order valence-corrected chi connectivity index (χ4v) is 2.31. The standard InChI is InChI=1S/C14H10Cl2N2O/c1-7-8(2)18-14(16)13(17-7)12-6-9-5-10(15)3-4-11(9)19-12/h3-6H,1-2H3. The van der Waals surface area contributed by atoms with E-state index in [2.05, 4.69) is 9.97 Å². The lowest BCUT2D eigenvalue weighted by atomic mass is 10.2. The predicted molar refractivity (Wildman–Crippen MR) is 76.7 cm³/mol. The molecule has 0 atom stereocenters. The monoisotopic (exact) mass is 292 g/mol. The summed E-state index contributed by atoms with van der Waals surface area (Å²) in [4.78, 5) is 8.69. The van der Waals surface area contributed by atoms with Crippen molar-refractivity contribution in [1.29, 1.82) is 0 Å². The largest absolute Gasteiger partial charge is 0.454 e. The van der Waals surface area contributed by atoms with Gasteiger partial charge in [-0.25, -0.2) is 9.97 Å². The molecule has 3 rings (SSSR count). The maximum atomic E-state index is 6.14. The summed E-state index contributed by atoms with van der Waals surface area (Å²) in [5.41, 5.74) is 2.94. The van der Waals surface area contributed by atoms with Crippen LogP contribution in [0.3, 0.4) is 0 Å². The number of furan rings is 1. The molecule has 0 fully saturated rings. The molecule has 0 aliphatic heterocycles. The molecule has 1 aromatic carbocycles. The van der Waals surface area contributed by atoms with E-state index in [1.165, 1.54) is 0 Å². The van der Waals surface area contributed by atoms with Crippen LogP contribution in [0, 0.1) is 13.8 Å². The van der Waals surface area contributed by atoms with Gasteiger partial charge in [-0.3, -0.25) is 0 Å². The highest BCUT2D eigenvalue weighted by Crippen LogP contribution is 2.31. The summed E-state index contributed by atoms with van der Waals surface area (Å²) in [7, 11) is 0. The molecule has 96 valence electrons. The van der Waals surface area contributed by atoms with Crippen molar-refractivity contribution in [1.82, 2.24) is 9.97 Å². The van der Waals surface area contributed by atoms with Crippen molar-refractivity contribution in [2.45, 2.75) is 13.8 Å². The van der Waals surface area contributed by atoms with Gasteiger partial charge in [0.05, 0.1) is 11.4 Å². The summed E-state index contributed by atoms with van der Waals surface area (Å²) in [5.74, 6) is 0.595. The number of fused-ring (bicyclic) bond motifs is 1. The summed E-state index contributed by atoms with van der Waals surface area (Å²) >= 11 is 12.1. The molecule has 0 amide bonds. The minimum absolute atomic E-state index is 0.341. The lowest BCUT2D eigenvalue weighted by Gasteiger charge is -2.03. The van der Waals surface area contributed by atoms with Gasteiger partial charge in [0.25, 0.3) is 0 Å². The second kappa shape index (κ2) is 4.51. The highest BCUT2D eigenvalue weighted by Gasteiger charge is 2.14. The third kappa shape index (κ3) is 2.20. The third-order valence-corrected chi connectivity index (χ3v) is 3.47. The van der Waals surface area contributed by atoms with Crippen LogP contribution >= 0.6 is 23.2 Å². The predicted octanol–water partition coefficient (Wildman–Crippen LogP) is 4.81. The molecule has 0 unspecified atom stereocenters. The summed E-state index contributed by atoms with van der Waals surface area (Å²) in [5, 5.41) is 1.92. The maximum Gasteiger partial charge on any atom is 0.158 e. The van der Waals surface area contributed by atoms with Crippen molar-refractivity contribution >= 4 is 34.2 Å². The van der Waals surface area contributed by atoms with Gasteiger partial charge in [0.2, 0.25) is 0 Å². The molecule has 0 N–H and O–H groups in total. The molecule has 2 aromatic heterocycles. The van der Waals surface area contributed by atoms with E-state index in [-0.39, 0.29) is 0 Å². The molecule has 0 aliphatic carbocycles. The number of aryl methyl sites for hydroxylation is 2. The molecule has 0 saturated carbocycles. The fraction of sp³-hybridized carbons (Fsp3) is 0.143. The second-order valence-electron chi connectivity index (χ2n) is 4.33. The van der Waals surface area contributed by atoms with E-state index < -0.39 is 0 Å². The number of hydrogen-bond acceptors (Lipinski definition) is 3. The molecule has 0 bridgehead atoms. The number of nitrogens with zero attached hydrogens (tertiary/aromatic N) is 2. The van der Waals surface area contributed by atoms with Gasteiger partial charge in [-0.05, 0) is 38.1 Å². The Kier molecular flexibility index (Phi) is 2.96. The highest BCUT2D eigenvalue weighted by atomic mass is 35.5. The highest BCUT2D eigenvalue weighted by molar-refractivity contribution is 6.32. The molecule has 0 saturated heterocycles. The van der Waals surface area contributed by atoms with Gasteiger partial charge < -0.3 is 4.42 Å². The third-order valence-electron chi connectivity index (χ3n) is 2.98. The van der Waals surface area contributed by atoms with Crippen LogP contribution in [0.15, 0.2) is 28.7 Å². The van der Waals surface area contributed by atoms with Crippen LogP contribution in [0.5, 0.6) is 0 Å². The summed E-state index contributed by atoms with van der Waals surface area (Å²) in [6, 6.07) is 7.31. The van der Waals surface area contributed by atoms with Crippen LogP contribution in [0.2, 0.25) is 10.2 Å². The number of hydrogen-bond donors (Lipinski definition) is 0. The van der Waals surface area contributed by atoms with Crippen molar-refractivity contribution in [2.24, 2.45) is 0 Å². The fourth-order valence-electron chi connectivity index (χ4n) is 1.86. The van der Waals surface area contributed by atoms with Crippen LogP contribution in [-0.4, -0.2) is 9.97 Å². The molecule has 3 nitrogen and oxygen atoms in total. The molecular formula is C14H10Cl2N2O. The van der Waals surface area contributed by atoms with Crippen molar-refractivity contribution in [3.63, 3.8) is 0 Å². The van der Waals surface area contributed by atoms with Gasteiger partial charge in [0.1, 0.15) is 11.3 Å². The molecule has 0 radical (unpaired) electrons. The van der Waals surface area contributed by atoms with E-state index in [4.69, 9.17) is 27.6 Å². The molecular weight excluding hydrogens is 283 g/mol. The van der Waals surface area contributed by atoms with Crippen molar-refractivity contribution < 1.29 is 4.42 Å². The maximum absolute atomic E-state index is 6.14. The van der Waals surface area contributed by atoms with Gasteiger partial charge >= 0.3 is 0 Å². The van der Waals surface area contributed by atoms with Gasteiger partial charge in [0.15, 0.2) is 10.9 Å². The molecule has 19 heavy (non-hydrogen) atoms. The van der Waals surface area contributed by atoms with Crippen molar-refractivity contribution in [3.8, 4) is 11.5 Å². The van der Waals surface area contributed by atoms with Crippen molar-refractivity contribution in [3.05, 3.63) is 45.8 Å². The molecule has 2 heterocycles. The van der Waals surface area contributed by atoms with Crippen LogP contribution in [0.1, 0.15) is 11.4 Å². The Labute approximate surface area is 120 Å². The quantitative estimate of drug-likeness (QED) is 0.646. The minimum atomic E-state index is 0.341. The van der Waals surface area contributed by atoms with E-state index in [1.54, 1.807) is 6.07 Å². The zero-order valence-electron chi connectivity index (χ0n) is 10.4. The second-order valence-corrected chi connectivity index (χ2v) is 5.12. The lowest BCUT2D eigenvalue weighted by molar-refractivity contribution is 0.627. The van der Waals surface area contributed by atoms with E-state index in [1.807, 2.05) is 32.0 Å². The Morgan fingerprint density at radius 3 is 2.53 bits per heavy atom. The number of halogens is 2. The Morgan fingerprint density at radius 2 is 1.74 bits per heavy atom. The lowest BCUT2D eigenvalue weighted by Crippen LogP contribution is -1.95. The molecule has 0 aliphatic rings. The Morgan fingerprint density at radius 1 is 1.00 bits per heavy atom. The normalized spacial score (nSPS) is 11.2. The first kappa shape index (κ1) is 12.5. The first-order valence-electron chi connectivity index (χ1n) is 5.75. The van der Waals surface area contributed by atoms with Crippen LogP contribution in [-0.2, 0) is 0 Å². The summed E-state index contributed by atoms with van der Waals surface area (Å²) in [6.07, 6.45) is 0. The number of rotatable bonds is 1. The van der Waals surface area contributed by atoms with Crippen molar-refractivity contribution in [2.75, 3.05) is 0 Å². The Balaban J connectivity index is 2.21. The van der Waals surface area contributed by atoms with Crippen LogP contribution in [0.25, 0.3) is 22.4 Å². The van der Waals surface area contributed by atoms with E-state index in [9.17, 15) is 0 Å². The first-order valence-corrected chi connectivity index (χ1v) is 6.50. The summed E-state index contributed by atoms with van der Waals surface area (Å²) < 4.78 is 5.74. The topological polar surface area (TPSA) is 38.9 Å². The van der Waals surface area contributed by atoms with Gasteiger partial charge in [-0.15, -0.1) is 0 Å². The zero-order chi connectivity index (χ0) is 13.6. The van der Waals surface area contributed by atoms with Gasteiger partial charge in [-0.2, -0.15) is 0 Å². The van der Waals surface area contributed by atoms with Gasteiger partial charge in [0, 0.05) is 10.4 Å². The zero-order valence-corrected chi connectivity index (χ0v) is 11.9. The number of benzene rings is 1. The minimum Gasteiger partial charge on any atom is -0.454 e. The van der Waals surface area contributed by atoms with Crippen LogP contribution in [0.4, 0.5) is 0 Å². The SMILES string of the molecule is Cc1nc(Cl)c(-c2cc3cc(Cl)ccc3o2)nc1C. The molecule has 5 heteroatoms. The van der Waals surface area contributed by atoms with E-state index >= 15 is 0 Å². The Hall–Kier alpha value is -1.58.